The maximum Gasteiger partial charge on any atom is 0.113 e. The van der Waals surface area contributed by atoms with Gasteiger partial charge in [0.2, 0.25) is 0 Å². The van der Waals surface area contributed by atoms with Crippen LogP contribution in [0.4, 0.5) is 0 Å². The van der Waals surface area contributed by atoms with E-state index in [2.05, 4.69) is 4.90 Å². The van der Waals surface area contributed by atoms with Crippen LogP contribution in [0.2, 0.25) is 0 Å². The van der Waals surface area contributed by atoms with E-state index in [4.69, 9.17) is 4.74 Å². The molecule has 3 saturated heterocycles. The number of piperidine rings is 1. The molecule has 0 aromatic carbocycles. The maximum atomic E-state index is 9.73. The van der Waals surface area contributed by atoms with Gasteiger partial charge in [-0.15, -0.1) is 0 Å². The van der Waals surface area contributed by atoms with Gasteiger partial charge in [-0.25, -0.2) is 0 Å². The number of ether oxygens (including phenoxy) is 1. The number of aliphatic hydroxyl groups is 2. The van der Waals surface area contributed by atoms with E-state index in [1.165, 1.54) is 0 Å². The predicted octanol–water partition coefficient (Wildman–Crippen LogP) is -1.44. The van der Waals surface area contributed by atoms with Gasteiger partial charge in [0.25, 0.3) is 0 Å². The number of rotatable bonds is 0. The number of hydrogen-bond acceptors (Lipinski definition) is 4. The molecule has 3 aliphatic heterocycles. The third-order valence-corrected chi connectivity index (χ3v) is 3.25. The second-order valence-corrected chi connectivity index (χ2v) is 3.97. The van der Waals surface area contributed by atoms with E-state index in [-0.39, 0.29) is 24.4 Å². The summed E-state index contributed by atoms with van der Waals surface area (Å²) < 4.78 is 5.27. The highest BCUT2D eigenvalue weighted by atomic mass is 16.6. The molecule has 5 unspecified atom stereocenters. The number of hydrogen-bond donors (Lipinski definition) is 2. The highest BCUT2D eigenvalue weighted by Crippen LogP contribution is 2.38. The van der Waals surface area contributed by atoms with Gasteiger partial charge in [-0.3, -0.25) is 4.90 Å². The van der Waals surface area contributed by atoms with Crippen LogP contribution in [0.5, 0.6) is 0 Å². The molecule has 0 bridgehead atoms. The molecule has 3 heterocycles. The number of fused-ring (bicyclic) bond motifs is 2. The third-order valence-electron chi connectivity index (χ3n) is 3.25. The molecule has 0 radical (unpaired) electrons. The fraction of sp³-hybridized carbons (Fsp3) is 1.00. The Bertz CT molecular complexity index is 208. The SMILES string of the molecule is OC1CCN2CC3OC3C(O)C12. The number of epoxide rings is 1. The van der Waals surface area contributed by atoms with Crippen molar-refractivity contribution in [1.82, 2.24) is 4.90 Å². The Morgan fingerprint density at radius 1 is 1.33 bits per heavy atom. The third kappa shape index (κ3) is 0.808. The Morgan fingerprint density at radius 3 is 3.00 bits per heavy atom. The Hall–Kier alpha value is -0.160. The van der Waals surface area contributed by atoms with Crippen LogP contribution >= 0.6 is 0 Å². The summed E-state index contributed by atoms with van der Waals surface area (Å²) >= 11 is 0. The van der Waals surface area contributed by atoms with Gasteiger partial charge in [-0.2, -0.15) is 0 Å². The van der Waals surface area contributed by atoms with Crippen molar-refractivity contribution in [1.29, 1.82) is 0 Å². The zero-order chi connectivity index (χ0) is 8.29. The Labute approximate surface area is 70.7 Å². The average Bonchev–Trinajstić information content (AvgIpc) is 2.71. The first kappa shape index (κ1) is 7.26. The van der Waals surface area contributed by atoms with Gasteiger partial charge in [-0.05, 0) is 6.42 Å². The molecule has 12 heavy (non-hydrogen) atoms. The van der Waals surface area contributed by atoms with E-state index < -0.39 is 6.10 Å². The molecule has 3 fully saturated rings. The number of aliphatic hydroxyl groups excluding tert-OH is 2. The van der Waals surface area contributed by atoms with E-state index in [0.29, 0.717) is 0 Å². The Morgan fingerprint density at radius 2 is 2.17 bits per heavy atom. The summed E-state index contributed by atoms with van der Waals surface area (Å²) in [5.41, 5.74) is 0. The fourth-order valence-electron chi connectivity index (χ4n) is 2.55. The van der Waals surface area contributed by atoms with Crippen molar-refractivity contribution in [3.8, 4) is 0 Å². The van der Waals surface area contributed by atoms with Crippen LogP contribution in [0.25, 0.3) is 0 Å². The lowest BCUT2D eigenvalue weighted by molar-refractivity contribution is -0.00384. The highest BCUT2D eigenvalue weighted by Gasteiger charge is 2.57. The van der Waals surface area contributed by atoms with Crippen molar-refractivity contribution in [3.05, 3.63) is 0 Å². The van der Waals surface area contributed by atoms with Gasteiger partial charge in [0.1, 0.15) is 12.2 Å². The summed E-state index contributed by atoms with van der Waals surface area (Å²) in [6.07, 6.45) is 0.216. The van der Waals surface area contributed by atoms with E-state index in [1.54, 1.807) is 0 Å². The predicted molar refractivity (Wildman–Crippen MR) is 40.7 cm³/mol. The summed E-state index contributed by atoms with van der Waals surface area (Å²) in [4.78, 5) is 2.14. The van der Waals surface area contributed by atoms with Gasteiger partial charge in [-0.1, -0.05) is 0 Å². The molecule has 68 valence electrons. The molecular formula is C8H13NO3. The lowest BCUT2D eigenvalue weighted by atomic mass is 9.98. The molecule has 0 spiro atoms. The molecule has 0 saturated carbocycles. The molecule has 3 rings (SSSR count). The van der Waals surface area contributed by atoms with Crippen LogP contribution < -0.4 is 0 Å². The minimum absolute atomic E-state index is 0.0130. The first-order chi connectivity index (χ1) is 5.77. The molecule has 5 atom stereocenters. The van der Waals surface area contributed by atoms with Gasteiger partial charge >= 0.3 is 0 Å². The molecule has 0 aliphatic carbocycles. The highest BCUT2D eigenvalue weighted by molar-refractivity contribution is 5.08. The summed E-state index contributed by atoms with van der Waals surface area (Å²) in [5.74, 6) is 0. The largest absolute Gasteiger partial charge is 0.391 e. The maximum absolute atomic E-state index is 9.73. The molecule has 3 aliphatic rings. The van der Waals surface area contributed by atoms with Crippen LogP contribution in [0, 0.1) is 0 Å². The van der Waals surface area contributed by atoms with E-state index >= 15 is 0 Å². The lowest BCUT2D eigenvalue weighted by Crippen LogP contribution is -2.52. The van der Waals surface area contributed by atoms with Crippen LogP contribution in [-0.2, 0) is 4.74 Å². The Kier molecular flexibility index (Phi) is 1.33. The van der Waals surface area contributed by atoms with E-state index in [1.807, 2.05) is 0 Å². The van der Waals surface area contributed by atoms with Crippen LogP contribution in [0.3, 0.4) is 0 Å². The molecule has 4 nitrogen and oxygen atoms in total. The topological polar surface area (TPSA) is 56.2 Å². The van der Waals surface area contributed by atoms with Gasteiger partial charge < -0.3 is 14.9 Å². The quantitative estimate of drug-likeness (QED) is 0.438. The molecule has 0 amide bonds. The second kappa shape index (κ2) is 2.20. The van der Waals surface area contributed by atoms with Crippen molar-refractivity contribution in [2.75, 3.05) is 13.1 Å². The first-order valence-corrected chi connectivity index (χ1v) is 4.53. The smallest absolute Gasteiger partial charge is 0.113 e. The van der Waals surface area contributed by atoms with Crippen LogP contribution in [0.15, 0.2) is 0 Å². The first-order valence-electron chi connectivity index (χ1n) is 4.53. The zero-order valence-electron chi connectivity index (χ0n) is 6.76. The molecule has 0 aromatic rings. The summed E-state index contributed by atoms with van der Waals surface area (Å²) in [6.45, 7) is 1.79. The van der Waals surface area contributed by atoms with Crippen molar-refractivity contribution in [2.45, 2.75) is 36.9 Å². The standard InChI is InChI=1S/C8H13NO3/c10-4-1-2-9-3-5-8(12-5)7(11)6(4)9/h4-8,10-11H,1-3H2. The van der Waals surface area contributed by atoms with Gasteiger partial charge in [0.15, 0.2) is 0 Å². The summed E-state index contributed by atoms with van der Waals surface area (Å²) in [7, 11) is 0. The van der Waals surface area contributed by atoms with E-state index in [9.17, 15) is 10.2 Å². The van der Waals surface area contributed by atoms with Crippen LogP contribution in [0.1, 0.15) is 6.42 Å². The Balaban J connectivity index is 1.85. The van der Waals surface area contributed by atoms with Gasteiger partial charge in [0.05, 0.1) is 18.2 Å². The monoisotopic (exact) mass is 171 g/mol. The minimum atomic E-state index is -0.471. The fourth-order valence-corrected chi connectivity index (χ4v) is 2.55. The molecular weight excluding hydrogens is 158 g/mol. The van der Waals surface area contributed by atoms with Crippen molar-refractivity contribution >= 4 is 0 Å². The van der Waals surface area contributed by atoms with Crippen LogP contribution in [-0.4, -0.2) is 58.7 Å². The molecule has 0 aromatic heterocycles. The average molecular weight is 171 g/mol. The summed E-state index contributed by atoms with van der Waals surface area (Å²) in [6, 6.07) is -0.0613. The van der Waals surface area contributed by atoms with Crippen molar-refractivity contribution < 1.29 is 14.9 Å². The number of nitrogens with zero attached hydrogens (tertiary/aromatic N) is 1. The van der Waals surface area contributed by atoms with E-state index in [0.717, 1.165) is 19.5 Å². The normalized spacial score (nSPS) is 58.0. The lowest BCUT2D eigenvalue weighted by Gasteiger charge is -2.32. The molecule has 2 N–H and O–H groups in total. The minimum Gasteiger partial charge on any atom is -0.391 e. The second-order valence-electron chi connectivity index (χ2n) is 3.97. The summed E-state index contributed by atoms with van der Waals surface area (Å²) in [5, 5.41) is 19.3. The van der Waals surface area contributed by atoms with Crippen molar-refractivity contribution in [3.63, 3.8) is 0 Å². The van der Waals surface area contributed by atoms with Gasteiger partial charge in [0, 0.05) is 13.1 Å². The zero-order valence-corrected chi connectivity index (χ0v) is 6.76. The molecule has 4 heteroatoms. The van der Waals surface area contributed by atoms with Crippen molar-refractivity contribution in [2.24, 2.45) is 0 Å².